The molecule has 8 heteroatoms. The summed E-state index contributed by atoms with van der Waals surface area (Å²) in [6.07, 6.45) is 1.79. The number of aromatic nitrogens is 2. The van der Waals surface area contributed by atoms with Gasteiger partial charge in [-0.05, 0) is 15.9 Å². The SMILES string of the molecule is Nc1ncnc(NCCC(=O)N2CCOCC2)c1Br. The van der Waals surface area contributed by atoms with E-state index in [1.807, 2.05) is 4.90 Å². The Morgan fingerprint density at radius 1 is 1.47 bits per heavy atom. The zero-order chi connectivity index (χ0) is 13.7. The highest BCUT2D eigenvalue weighted by molar-refractivity contribution is 9.10. The normalized spacial score (nSPS) is 15.3. The Balaban J connectivity index is 1.79. The van der Waals surface area contributed by atoms with Gasteiger partial charge in [-0.3, -0.25) is 4.79 Å². The molecule has 2 rings (SSSR count). The van der Waals surface area contributed by atoms with E-state index in [2.05, 4.69) is 31.2 Å². The topological polar surface area (TPSA) is 93.4 Å². The maximum atomic E-state index is 11.9. The fourth-order valence-electron chi connectivity index (χ4n) is 1.77. The summed E-state index contributed by atoms with van der Waals surface area (Å²) in [4.78, 5) is 21.6. The lowest BCUT2D eigenvalue weighted by atomic mass is 10.3. The summed E-state index contributed by atoms with van der Waals surface area (Å²) in [5, 5.41) is 3.07. The van der Waals surface area contributed by atoms with Crippen LogP contribution in [0.25, 0.3) is 0 Å². The van der Waals surface area contributed by atoms with E-state index in [9.17, 15) is 4.79 Å². The van der Waals surface area contributed by atoms with Crippen LogP contribution in [0, 0.1) is 0 Å². The van der Waals surface area contributed by atoms with Gasteiger partial charge in [-0.1, -0.05) is 0 Å². The predicted octanol–water partition coefficient (Wildman–Crippen LogP) is 0.482. The van der Waals surface area contributed by atoms with Crippen molar-refractivity contribution in [3.05, 3.63) is 10.8 Å². The number of nitrogen functional groups attached to an aromatic ring is 1. The number of ether oxygens (including phenoxy) is 1. The summed E-state index contributed by atoms with van der Waals surface area (Å²) >= 11 is 3.30. The Bertz CT molecular complexity index is 451. The number of nitrogens with one attached hydrogen (secondary N) is 1. The van der Waals surface area contributed by atoms with Gasteiger partial charge in [-0.15, -0.1) is 0 Å². The first-order chi connectivity index (χ1) is 9.18. The largest absolute Gasteiger partial charge is 0.383 e. The van der Waals surface area contributed by atoms with Gasteiger partial charge in [0.25, 0.3) is 0 Å². The van der Waals surface area contributed by atoms with Crippen LogP contribution >= 0.6 is 15.9 Å². The second-order valence-electron chi connectivity index (χ2n) is 4.09. The number of anilines is 2. The van der Waals surface area contributed by atoms with Gasteiger partial charge in [0.1, 0.15) is 22.4 Å². The van der Waals surface area contributed by atoms with Gasteiger partial charge in [-0.25, -0.2) is 9.97 Å². The summed E-state index contributed by atoms with van der Waals surface area (Å²) in [5.74, 6) is 1.09. The van der Waals surface area contributed by atoms with Crippen molar-refractivity contribution in [1.29, 1.82) is 0 Å². The molecular weight excluding hydrogens is 314 g/mol. The van der Waals surface area contributed by atoms with Crippen LogP contribution in [0.5, 0.6) is 0 Å². The van der Waals surface area contributed by atoms with Crippen LogP contribution in [0.1, 0.15) is 6.42 Å². The lowest BCUT2D eigenvalue weighted by molar-refractivity contribution is -0.134. The molecule has 1 saturated heterocycles. The van der Waals surface area contributed by atoms with Crippen molar-refractivity contribution in [2.75, 3.05) is 43.9 Å². The van der Waals surface area contributed by atoms with Crippen molar-refractivity contribution in [2.45, 2.75) is 6.42 Å². The van der Waals surface area contributed by atoms with E-state index in [-0.39, 0.29) is 5.91 Å². The van der Waals surface area contributed by atoms with E-state index in [4.69, 9.17) is 10.5 Å². The number of nitrogens with zero attached hydrogens (tertiary/aromatic N) is 3. The number of morpholine rings is 1. The van der Waals surface area contributed by atoms with Crippen LogP contribution in [-0.4, -0.2) is 53.6 Å². The van der Waals surface area contributed by atoms with Crippen LogP contribution in [0.2, 0.25) is 0 Å². The van der Waals surface area contributed by atoms with Gasteiger partial charge in [-0.2, -0.15) is 0 Å². The zero-order valence-electron chi connectivity index (χ0n) is 10.4. The third kappa shape index (κ3) is 3.77. The Morgan fingerprint density at radius 2 is 2.21 bits per heavy atom. The molecule has 1 aliphatic heterocycles. The molecule has 0 aromatic carbocycles. The average molecular weight is 330 g/mol. The van der Waals surface area contributed by atoms with E-state index in [0.717, 1.165) is 0 Å². The van der Waals surface area contributed by atoms with Gasteiger partial charge in [0.05, 0.1) is 13.2 Å². The minimum Gasteiger partial charge on any atom is -0.383 e. The molecule has 0 bridgehead atoms. The molecule has 3 N–H and O–H groups in total. The summed E-state index contributed by atoms with van der Waals surface area (Å²) in [6, 6.07) is 0. The lowest BCUT2D eigenvalue weighted by Gasteiger charge is -2.26. The minimum atomic E-state index is 0.119. The van der Waals surface area contributed by atoms with Crippen molar-refractivity contribution in [1.82, 2.24) is 14.9 Å². The molecule has 0 atom stereocenters. The van der Waals surface area contributed by atoms with Gasteiger partial charge < -0.3 is 20.7 Å². The number of carbonyl (C=O) groups is 1. The van der Waals surface area contributed by atoms with E-state index in [0.29, 0.717) is 55.4 Å². The van der Waals surface area contributed by atoms with Crippen LogP contribution in [0.15, 0.2) is 10.8 Å². The van der Waals surface area contributed by atoms with Crippen molar-refractivity contribution in [3.8, 4) is 0 Å². The lowest BCUT2D eigenvalue weighted by Crippen LogP contribution is -2.41. The van der Waals surface area contributed by atoms with Crippen LogP contribution in [0.4, 0.5) is 11.6 Å². The zero-order valence-corrected chi connectivity index (χ0v) is 12.0. The number of amides is 1. The van der Waals surface area contributed by atoms with Gasteiger partial charge in [0, 0.05) is 26.1 Å². The third-order valence-corrected chi connectivity index (χ3v) is 3.59. The number of hydrogen-bond acceptors (Lipinski definition) is 6. The van der Waals surface area contributed by atoms with E-state index < -0.39 is 0 Å². The maximum Gasteiger partial charge on any atom is 0.224 e. The quantitative estimate of drug-likeness (QED) is 0.834. The maximum absolute atomic E-state index is 11.9. The molecule has 0 saturated carbocycles. The highest BCUT2D eigenvalue weighted by atomic mass is 79.9. The molecular formula is C11H16BrN5O2. The Hall–Kier alpha value is -1.41. The summed E-state index contributed by atoms with van der Waals surface area (Å²) < 4.78 is 5.83. The molecule has 0 aliphatic carbocycles. The van der Waals surface area contributed by atoms with Gasteiger partial charge >= 0.3 is 0 Å². The van der Waals surface area contributed by atoms with Crippen LogP contribution < -0.4 is 11.1 Å². The number of halogens is 1. The second-order valence-corrected chi connectivity index (χ2v) is 4.88. The second kappa shape index (κ2) is 6.67. The molecule has 1 fully saturated rings. The molecule has 7 nitrogen and oxygen atoms in total. The molecule has 1 aliphatic rings. The van der Waals surface area contributed by atoms with Crippen molar-refractivity contribution >= 4 is 33.5 Å². The van der Waals surface area contributed by atoms with Crippen molar-refractivity contribution in [3.63, 3.8) is 0 Å². The fraction of sp³-hybridized carbons (Fsp3) is 0.545. The Labute approximate surface area is 119 Å². The Kier molecular flexibility index (Phi) is 4.92. The number of nitrogens with two attached hydrogens (primary N) is 1. The summed E-state index contributed by atoms with van der Waals surface area (Å²) in [7, 11) is 0. The molecule has 104 valence electrons. The number of carbonyl (C=O) groups excluding carboxylic acids is 1. The molecule has 2 heterocycles. The van der Waals surface area contributed by atoms with Gasteiger partial charge in [0.2, 0.25) is 5.91 Å². The standard InChI is InChI=1S/C11H16BrN5O2/c12-9-10(13)15-7-16-11(9)14-2-1-8(18)17-3-5-19-6-4-17/h7H,1-6H2,(H3,13,14,15,16). The first-order valence-corrected chi connectivity index (χ1v) is 6.83. The van der Waals surface area contributed by atoms with Crippen LogP contribution in [0.3, 0.4) is 0 Å². The molecule has 19 heavy (non-hydrogen) atoms. The van der Waals surface area contributed by atoms with Crippen molar-refractivity contribution < 1.29 is 9.53 Å². The van der Waals surface area contributed by atoms with Crippen LogP contribution in [-0.2, 0) is 9.53 Å². The molecule has 0 unspecified atom stereocenters. The summed E-state index contributed by atoms with van der Waals surface area (Å²) in [6.45, 7) is 3.08. The smallest absolute Gasteiger partial charge is 0.224 e. The molecule has 1 amide bonds. The van der Waals surface area contributed by atoms with Crippen molar-refractivity contribution in [2.24, 2.45) is 0 Å². The molecule has 1 aromatic rings. The number of rotatable bonds is 4. The van der Waals surface area contributed by atoms with E-state index >= 15 is 0 Å². The minimum absolute atomic E-state index is 0.119. The Morgan fingerprint density at radius 3 is 2.95 bits per heavy atom. The molecule has 0 spiro atoms. The van der Waals surface area contributed by atoms with Gasteiger partial charge in [0.15, 0.2) is 0 Å². The fourth-order valence-corrected chi connectivity index (χ4v) is 2.11. The van der Waals surface area contributed by atoms with E-state index in [1.54, 1.807) is 0 Å². The highest BCUT2D eigenvalue weighted by Gasteiger charge is 2.16. The average Bonchev–Trinajstić information content (AvgIpc) is 2.44. The predicted molar refractivity (Wildman–Crippen MR) is 74.7 cm³/mol. The first kappa shape index (κ1) is 14.0. The summed E-state index contributed by atoms with van der Waals surface area (Å²) in [5.41, 5.74) is 5.64. The number of hydrogen-bond donors (Lipinski definition) is 2. The first-order valence-electron chi connectivity index (χ1n) is 6.04. The van der Waals surface area contributed by atoms with E-state index in [1.165, 1.54) is 6.33 Å². The monoisotopic (exact) mass is 329 g/mol. The molecule has 0 radical (unpaired) electrons. The molecule has 1 aromatic heterocycles. The highest BCUT2D eigenvalue weighted by Crippen LogP contribution is 2.23. The third-order valence-electron chi connectivity index (χ3n) is 2.81.